The first-order valence-electron chi connectivity index (χ1n) is 6.70. The van der Waals surface area contributed by atoms with Crippen LogP contribution in [0.15, 0.2) is 24.5 Å². The smallest absolute Gasteiger partial charge is 0.187 e. The van der Waals surface area contributed by atoms with Crippen LogP contribution in [0.1, 0.15) is 23.7 Å². The van der Waals surface area contributed by atoms with E-state index in [1.54, 1.807) is 6.07 Å². The number of benzene rings is 1. The Hall–Kier alpha value is -2.04. The molecular formula is C15H15F2N3. The zero-order valence-corrected chi connectivity index (χ0v) is 11.2. The maximum absolute atomic E-state index is 14.3. The summed E-state index contributed by atoms with van der Waals surface area (Å²) in [7, 11) is 0. The van der Waals surface area contributed by atoms with Crippen molar-refractivity contribution < 1.29 is 8.78 Å². The first-order valence-corrected chi connectivity index (χ1v) is 6.70. The highest BCUT2D eigenvalue weighted by molar-refractivity contribution is 5.45. The fraction of sp³-hybridized carbons (Fsp3) is 0.333. The summed E-state index contributed by atoms with van der Waals surface area (Å²) in [6, 6.07) is 4.78. The zero-order chi connectivity index (χ0) is 14.1. The third-order valence-corrected chi connectivity index (χ3v) is 3.66. The summed E-state index contributed by atoms with van der Waals surface area (Å²) in [5.41, 5.74) is 2.43. The van der Waals surface area contributed by atoms with E-state index in [0.717, 1.165) is 17.5 Å². The Morgan fingerprint density at radius 2 is 2.05 bits per heavy atom. The first kappa shape index (κ1) is 13.0. The SMILES string of the molecule is CCc1ncnc(N2CCc3ccc(F)cc3C2)c1F. The van der Waals surface area contributed by atoms with E-state index in [0.29, 0.717) is 31.0 Å². The van der Waals surface area contributed by atoms with Gasteiger partial charge in [-0.25, -0.2) is 18.7 Å². The van der Waals surface area contributed by atoms with Crippen LogP contribution in [0.25, 0.3) is 0 Å². The maximum atomic E-state index is 14.3. The highest BCUT2D eigenvalue weighted by Gasteiger charge is 2.22. The van der Waals surface area contributed by atoms with Gasteiger partial charge in [0.15, 0.2) is 11.6 Å². The van der Waals surface area contributed by atoms with E-state index in [9.17, 15) is 8.78 Å². The van der Waals surface area contributed by atoms with Gasteiger partial charge in [-0.15, -0.1) is 0 Å². The van der Waals surface area contributed by atoms with E-state index >= 15 is 0 Å². The fourth-order valence-electron chi connectivity index (χ4n) is 2.57. The van der Waals surface area contributed by atoms with Gasteiger partial charge in [-0.3, -0.25) is 0 Å². The molecule has 1 aromatic carbocycles. The van der Waals surface area contributed by atoms with Crippen molar-refractivity contribution in [3.05, 3.63) is 53.0 Å². The van der Waals surface area contributed by atoms with Crippen molar-refractivity contribution in [2.45, 2.75) is 26.3 Å². The number of nitrogens with zero attached hydrogens (tertiary/aromatic N) is 3. The average Bonchev–Trinajstić information content (AvgIpc) is 2.46. The minimum Gasteiger partial charge on any atom is -0.349 e. The third kappa shape index (κ3) is 2.24. The number of hydrogen-bond acceptors (Lipinski definition) is 3. The molecule has 0 radical (unpaired) electrons. The molecule has 2 aromatic rings. The first-order chi connectivity index (χ1) is 9.69. The van der Waals surface area contributed by atoms with Crippen molar-refractivity contribution in [1.82, 2.24) is 9.97 Å². The summed E-state index contributed by atoms with van der Waals surface area (Å²) < 4.78 is 27.6. The molecule has 5 heteroatoms. The summed E-state index contributed by atoms with van der Waals surface area (Å²) in [4.78, 5) is 9.84. The summed E-state index contributed by atoms with van der Waals surface area (Å²) in [5, 5.41) is 0. The predicted octanol–water partition coefficient (Wildman–Crippen LogP) is 2.88. The Morgan fingerprint density at radius 1 is 1.20 bits per heavy atom. The van der Waals surface area contributed by atoms with Crippen molar-refractivity contribution in [3.63, 3.8) is 0 Å². The summed E-state index contributed by atoms with van der Waals surface area (Å²) in [6.07, 6.45) is 2.68. The second kappa shape index (κ2) is 5.15. The van der Waals surface area contributed by atoms with Crippen LogP contribution in [0.5, 0.6) is 0 Å². The minimum absolute atomic E-state index is 0.261. The molecule has 0 fully saturated rings. The van der Waals surface area contributed by atoms with Gasteiger partial charge in [0, 0.05) is 13.1 Å². The highest BCUT2D eigenvalue weighted by atomic mass is 19.1. The standard InChI is InChI=1S/C15H15F2N3/c1-2-13-14(17)15(19-9-18-13)20-6-5-10-3-4-12(16)7-11(10)8-20/h3-4,7,9H,2,5-6,8H2,1H3. The Morgan fingerprint density at radius 3 is 2.85 bits per heavy atom. The Labute approximate surface area is 116 Å². The molecule has 0 aliphatic carbocycles. The van der Waals surface area contributed by atoms with E-state index in [1.165, 1.54) is 18.5 Å². The van der Waals surface area contributed by atoms with E-state index < -0.39 is 0 Å². The van der Waals surface area contributed by atoms with Crippen molar-refractivity contribution in [3.8, 4) is 0 Å². The summed E-state index contributed by atoms with van der Waals surface area (Å²) in [6.45, 7) is 3.01. The molecule has 0 unspecified atom stereocenters. The third-order valence-electron chi connectivity index (χ3n) is 3.66. The molecule has 0 N–H and O–H groups in total. The van der Waals surface area contributed by atoms with Crippen LogP contribution in [0.2, 0.25) is 0 Å². The number of aromatic nitrogens is 2. The highest BCUT2D eigenvalue weighted by Crippen LogP contribution is 2.26. The molecule has 1 aliphatic rings. The Bertz CT molecular complexity index is 643. The molecule has 0 bridgehead atoms. The summed E-state index contributed by atoms with van der Waals surface area (Å²) >= 11 is 0. The zero-order valence-electron chi connectivity index (χ0n) is 11.2. The van der Waals surface area contributed by atoms with Crippen LogP contribution in [0.4, 0.5) is 14.6 Å². The number of hydrogen-bond donors (Lipinski definition) is 0. The molecule has 2 heterocycles. The molecule has 0 saturated carbocycles. The minimum atomic E-state index is -0.366. The quantitative estimate of drug-likeness (QED) is 0.844. The summed E-state index contributed by atoms with van der Waals surface area (Å²) in [5.74, 6) is -0.315. The van der Waals surface area contributed by atoms with Gasteiger partial charge >= 0.3 is 0 Å². The van der Waals surface area contributed by atoms with Gasteiger partial charge in [0.05, 0.1) is 5.69 Å². The van der Waals surface area contributed by atoms with Gasteiger partial charge in [-0.05, 0) is 36.1 Å². The van der Waals surface area contributed by atoms with Crippen LogP contribution >= 0.6 is 0 Å². The van der Waals surface area contributed by atoms with Crippen molar-refractivity contribution in [2.75, 3.05) is 11.4 Å². The van der Waals surface area contributed by atoms with Gasteiger partial charge in [0.2, 0.25) is 0 Å². The van der Waals surface area contributed by atoms with Crippen LogP contribution < -0.4 is 4.90 Å². The monoisotopic (exact) mass is 275 g/mol. The van der Waals surface area contributed by atoms with Gasteiger partial charge in [-0.1, -0.05) is 13.0 Å². The van der Waals surface area contributed by atoms with Crippen LogP contribution in [-0.2, 0) is 19.4 Å². The lowest BCUT2D eigenvalue weighted by atomic mass is 9.99. The normalized spacial score (nSPS) is 14.2. The number of halogens is 2. The molecule has 0 saturated heterocycles. The van der Waals surface area contributed by atoms with E-state index in [2.05, 4.69) is 9.97 Å². The number of rotatable bonds is 2. The molecule has 1 aliphatic heterocycles. The second-order valence-electron chi connectivity index (χ2n) is 4.90. The van der Waals surface area contributed by atoms with Crippen molar-refractivity contribution >= 4 is 5.82 Å². The van der Waals surface area contributed by atoms with Crippen molar-refractivity contribution in [2.24, 2.45) is 0 Å². The second-order valence-corrected chi connectivity index (χ2v) is 4.90. The molecule has 0 atom stereocenters. The fourth-order valence-corrected chi connectivity index (χ4v) is 2.57. The lowest BCUT2D eigenvalue weighted by Gasteiger charge is -2.30. The van der Waals surface area contributed by atoms with Crippen molar-refractivity contribution in [1.29, 1.82) is 0 Å². The molecule has 3 nitrogen and oxygen atoms in total. The van der Waals surface area contributed by atoms with Crippen LogP contribution in [-0.4, -0.2) is 16.5 Å². The molecule has 3 rings (SSSR count). The number of aryl methyl sites for hydroxylation is 1. The Kier molecular flexibility index (Phi) is 3.34. The Balaban J connectivity index is 1.94. The lowest BCUT2D eigenvalue weighted by Crippen LogP contribution is -2.32. The molecule has 0 spiro atoms. The predicted molar refractivity (Wildman–Crippen MR) is 72.5 cm³/mol. The average molecular weight is 275 g/mol. The largest absolute Gasteiger partial charge is 0.349 e. The number of anilines is 1. The lowest BCUT2D eigenvalue weighted by molar-refractivity contribution is 0.575. The molecule has 20 heavy (non-hydrogen) atoms. The van der Waals surface area contributed by atoms with Gasteiger partial charge < -0.3 is 4.90 Å². The molecular weight excluding hydrogens is 260 g/mol. The van der Waals surface area contributed by atoms with E-state index in [4.69, 9.17) is 0 Å². The number of fused-ring (bicyclic) bond motifs is 1. The van der Waals surface area contributed by atoms with Gasteiger partial charge in [0.25, 0.3) is 0 Å². The van der Waals surface area contributed by atoms with E-state index in [-0.39, 0.29) is 11.6 Å². The van der Waals surface area contributed by atoms with Gasteiger partial charge in [-0.2, -0.15) is 0 Å². The van der Waals surface area contributed by atoms with Crippen LogP contribution in [0.3, 0.4) is 0 Å². The van der Waals surface area contributed by atoms with Crippen LogP contribution in [0, 0.1) is 11.6 Å². The van der Waals surface area contributed by atoms with Gasteiger partial charge in [0.1, 0.15) is 12.1 Å². The molecule has 1 aromatic heterocycles. The molecule has 0 amide bonds. The topological polar surface area (TPSA) is 29.0 Å². The van der Waals surface area contributed by atoms with E-state index in [1.807, 2.05) is 11.8 Å². The maximum Gasteiger partial charge on any atom is 0.187 e. The molecule has 104 valence electrons.